The van der Waals surface area contributed by atoms with Gasteiger partial charge in [0.15, 0.2) is 5.78 Å². The van der Waals surface area contributed by atoms with Crippen LogP contribution in [0.15, 0.2) is 132 Å². The molecule has 4 aromatic carbocycles. The largest absolute Gasteiger partial charge is 0.494 e. The Morgan fingerprint density at radius 3 is 2.26 bits per heavy atom. The molecule has 0 radical (unpaired) electrons. The number of methoxy groups -OCH3 is 1. The van der Waals surface area contributed by atoms with Crippen LogP contribution in [-0.2, 0) is 20.7 Å². The average Bonchev–Trinajstić information content (AvgIpc) is 3.65. The number of rotatable bonds is 15. The zero-order chi connectivity index (χ0) is 32.8. The summed E-state index contributed by atoms with van der Waals surface area (Å²) < 4.78 is 11.1. The first-order chi connectivity index (χ1) is 23.0. The second-order valence-electron chi connectivity index (χ2n) is 10.7. The van der Waals surface area contributed by atoms with Gasteiger partial charge in [-0.15, -0.1) is 0 Å². The van der Waals surface area contributed by atoms with Crippen molar-refractivity contribution in [1.82, 2.24) is 0 Å². The summed E-state index contributed by atoms with van der Waals surface area (Å²) >= 11 is 1.59. The molecule has 0 saturated heterocycles. The lowest BCUT2D eigenvalue weighted by atomic mass is 10.00. The van der Waals surface area contributed by atoms with Crippen LogP contribution in [0.3, 0.4) is 0 Å². The molecule has 1 heterocycles. The number of ketones is 1. The number of carbonyl (C=O) groups is 3. The van der Waals surface area contributed by atoms with E-state index < -0.39 is 12.0 Å². The molecule has 0 aliphatic carbocycles. The zero-order valence-electron chi connectivity index (χ0n) is 26.1. The first-order valence-electron chi connectivity index (χ1n) is 15.3. The Morgan fingerprint density at radius 2 is 1.55 bits per heavy atom. The van der Waals surface area contributed by atoms with E-state index in [4.69, 9.17) is 9.47 Å². The minimum atomic E-state index is -0.716. The van der Waals surface area contributed by atoms with Gasteiger partial charge in [-0.05, 0) is 76.8 Å². The van der Waals surface area contributed by atoms with Gasteiger partial charge in [0.2, 0.25) is 0 Å². The molecule has 0 aliphatic rings. The smallest absolute Gasteiger partial charge is 0.328 e. The fraction of sp³-hybridized carbons (Fsp3) is 0.154. The first kappa shape index (κ1) is 32.9. The minimum absolute atomic E-state index is 0.0902. The quantitative estimate of drug-likeness (QED) is 0.0545. The van der Waals surface area contributed by atoms with E-state index in [9.17, 15) is 14.4 Å². The number of hydrogen-bond acceptors (Lipinski definition) is 7. The van der Waals surface area contributed by atoms with Gasteiger partial charge in [-0.25, -0.2) is 4.79 Å². The Balaban J connectivity index is 1.18. The molecule has 0 spiro atoms. The van der Waals surface area contributed by atoms with Crippen LogP contribution >= 0.6 is 11.3 Å². The number of para-hydroxylation sites is 2. The van der Waals surface area contributed by atoms with Gasteiger partial charge in [-0.3, -0.25) is 9.59 Å². The van der Waals surface area contributed by atoms with Gasteiger partial charge in [-0.2, -0.15) is 11.3 Å². The summed E-state index contributed by atoms with van der Waals surface area (Å²) in [4.78, 5) is 40.8. The van der Waals surface area contributed by atoms with Gasteiger partial charge in [0.05, 0.1) is 13.7 Å². The van der Waals surface area contributed by atoms with E-state index in [0.29, 0.717) is 48.6 Å². The third kappa shape index (κ3) is 9.28. The summed E-state index contributed by atoms with van der Waals surface area (Å²) in [6.07, 6.45) is 4.40. The summed E-state index contributed by atoms with van der Waals surface area (Å²) in [5.41, 5.74) is 4.32. The standard InChI is InChI=1S/C39H36N2O5S/c1-45-39(44)36(40-35-16-9-8-15-34(35)38(43)31-11-4-2-5-12-31)27-29-17-20-33(21-18-29)46-25-10-24-41(32-13-6-3-7-14-32)37(42)22-19-30-23-26-47-28-30/h2-9,11-23,26,28,36,40H,10,24-25,27H2,1H3/b22-19+/t36-/m0/s1. The highest BCUT2D eigenvalue weighted by atomic mass is 32.1. The molecule has 0 unspecified atom stereocenters. The highest BCUT2D eigenvalue weighted by Gasteiger charge is 2.23. The number of nitrogens with one attached hydrogen (secondary N) is 1. The second kappa shape index (κ2) is 16.7. The monoisotopic (exact) mass is 644 g/mol. The Hall–Kier alpha value is -5.47. The van der Waals surface area contributed by atoms with Crippen LogP contribution in [0.2, 0.25) is 0 Å². The van der Waals surface area contributed by atoms with E-state index in [1.54, 1.807) is 52.6 Å². The van der Waals surface area contributed by atoms with Crippen molar-refractivity contribution in [3.05, 3.63) is 154 Å². The number of thiophene rings is 1. The normalized spacial score (nSPS) is 11.5. The molecule has 8 heteroatoms. The molecule has 0 bridgehead atoms. The van der Waals surface area contributed by atoms with Crippen molar-refractivity contribution in [2.75, 3.05) is 30.5 Å². The van der Waals surface area contributed by atoms with E-state index in [1.807, 2.05) is 102 Å². The van der Waals surface area contributed by atoms with E-state index in [0.717, 1.165) is 16.8 Å². The number of hydrogen-bond donors (Lipinski definition) is 1. The Bertz CT molecular complexity index is 1770. The molecule has 0 fully saturated rings. The summed E-state index contributed by atoms with van der Waals surface area (Å²) in [7, 11) is 1.35. The number of ether oxygens (including phenoxy) is 2. The summed E-state index contributed by atoms with van der Waals surface area (Å²) in [6, 6.07) is 34.6. The van der Waals surface area contributed by atoms with Crippen molar-refractivity contribution >= 4 is 46.4 Å². The molecule has 5 rings (SSSR count). The molecule has 0 aliphatic heterocycles. The number of benzene rings is 4. The maximum atomic E-state index is 13.2. The number of esters is 1. The van der Waals surface area contributed by atoms with Gasteiger partial charge in [0.25, 0.3) is 5.91 Å². The maximum Gasteiger partial charge on any atom is 0.328 e. The van der Waals surface area contributed by atoms with Crippen molar-refractivity contribution in [3.63, 3.8) is 0 Å². The minimum Gasteiger partial charge on any atom is -0.494 e. The van der Waals surface area contributed by atoms with Gasteiger partial charge in [-0.1, -0.05) is 72.8 Å². The highest BCUT2D eigenvalue weighted by molar-refractivity contribution is 7.08. The molecule has 47 heavy (non-hydrogen) atoms. The summed E-state index contributed by atoms with van der Waals surface area (Å²) in [5, 5.41) is 7.22. The predicted molar refractivity (Wildman–Crippen MR) is 188 cm³/mol. The highest BCUT2D eigenvalue weighted by Crippen LogP contribution is 2.23. The molecule has 238 valence electrons. The average molecular weight is 645 g/mol. The van der Waals surface area contributed by atoms with E-state index in [2.05, 4.69) is 5.32 Å². The molecule has 1 amide bonds. The number of anilines is 2. The van der Waals surface area contributed by atoms with Gasteiger partial charge >= 0.3 is 5.97 Å². The van der Waals surface area contributed by atoms with Crippen molar-refractivity contribution in [2.24, 2.45) is 0 Å². The van der Waals surface area contributed by atoms with E-state index in [1.165, 1.54) is 7.11 Å². The van der Waals surface area contributed by atoms with Gasteiger partial charge in [0, 0.05) is 41.5 Å². The van der Waals surface area contributed by atoms with Gasteiger partial charge in [0.1, 0.15) is 11.8 Å². The lowest BCUT2D eigenvalue weighted by Gasteiger charge is -2.21. The van der Waals surface area contributed by atoms with Crippen LogP contribution in [-0.4, -0.2) is 44.0 Å². The molecule has 1 N–H and O–H groups in total. The summed E-state index contributed by atoms with van der Waals surface area (Å²) in [6.45, 7) is 0.915. The second-order valence-corrected chi connectivity index (χ2v) is 11.5. The zero-order valence-corrected chi connectivity index (χ0v) is 26.9. The predicted octanol–water partition coefficient (Wildman–Crippen LogP) is 7.69. The lowest BCUT2D eigenvalue weighted by Crippen LogP contribution is -2.33. The molecule has 0 saturated carbocycles. The number of amides is 1. The first-order valence-corrected chi connectivity index (χ1v) is 16.3. The fourth-order valence-electron chi connectivity index (χ4n) is 5.05. The van der Waals surface area contributed by atoms with E-state index >= 15 is 0 Å². The topological polar surface area (TPSA) is 84.9 Å². The molecule has 1 aromatic heterocycles. The van der Waals surface area contributed by atoms with E-state index in [-0.39, 0.29) is 11.7 Å². The molecule has 1 atom stereocenters. The molecule has 7 nitrogen and oxygen atoms in total. The Labute approximate surface area is 279 Å². The molecular formula is C39H36N2O5S. The summed E-state index contributed by atoms with van der Waals surface area (Å²) in [5.74, 6) is 0.0255. The van der Waals surface area contributed by atoms with Crippen LogP contribution in [0.4, 0.5) is 11.4 Å². The third-order valence-electron chi connectivity index (χ3n) is 7.48. The maximum absolute atomic E-state index is 13.2. The van der Waals surface area contributed by atoms with Crippen LogP contribution in [0.25, 0.3) is 6.08 Å². The number of nitrogens with zero attached hydrogens (tertiary/aromatic N) is 1. The van der Waals surface area contributed by atoms with Crippen LogP contribution in [0, 0.1) is 0 Å². The Kier molecular flexibility index (Phi) is 11.7. The molecular weight excluding hydrogens is 609 g/mol. The SMILES string of the molecule is COC(=O)[C@H](Cc1ccc(OCCCN(C(=O)/C=C/c2ccsc2)c2ccccc2)cc1)Nc1ccccc1C(=O)c1ccccc1. The fourth-order valence-corrected chi connectivity index (χ4v) is 5.68. The van der Waals surface area contributed by atoms with Crippen molar-refractivity contribution < 1.29 is 23.9 Å². The van der Waals surface area contributed by atoms with Crippen LogP contribution in [0.5, 0.6) is 5.75 Å². The van der Waals surface area contributed by atoms with Crippen molar-refractivity contribution in [2.45, 2.75) is 18.9 Å². The molecule has 5 aromatic rings. The van der Waals surface area contributed by atoms with Crippen LogP contribution < -0.4 is 15.0 Å². The lowest BCUT2D eigenvalue weighted by molar-refractivity contribution is -0.141. The number of carbonyl (C=O) groups excluding carboxylic acids is 3. The Morgan fingerprint density at radius 1 is 0.851 bits per heavy atom. The van der Waals surface area contributed by atoms with Crippen LogP contribution in [0.1, 0.15) is 33.5 Å². The van der Waals surface area contributed by atoms with Crippen molar-refractivity contribution in [3.8, 4) is 5.75 Å². The van der Waals surface area contributed by atoms with Gasteiger partial charge < -0.3 is 19.7 Å². The third-order valence-corrected chi connectivity index (χ3v) is 8.18. The van der Waals surface area contributed by atoms with Crippen molar-refractivity contribution in [1.29, 1.82) is 0 Å².